The highest BCUT2D eigenvalue weighted by molar-refractivity contribution is 5.90. The number of carboxylic acid groups (broad SMARTS) is 1. The summed E-state index contributed by atoms with van der Waals surface area (Å²) in [6.07, 6.45) is 3.34. The van der Waals surface area contributed by atoms with Crippen LogP contribution in [0, 0.1) is 0 Å². The standard InChI is InChI=1S/C11H16O6.Mg.2H/c1-2-5-10(14)16-6-3-4-7-17-11(15)8-9(12)13;;;/h2,5H,3-4,6-8H2,1H3,(H,12,13);;;. The molecule has 0 saturated carbocycles. The van der Waals surface area contributed by atoms with E-state index in [9.17, 15) is 14.4 Å². The lowest BCUT2D eigenvalue weighted by atomic mass is 10.3. The van der Waals surface area contributed by atoms with Gasteiger partial charge in [0, 0.05) is 6.08 Å². The molecule has 100 valence electrons. The van der Waals surface area contributed by atoms with Crippen LogP contribution in [-0.2, 0) is 23.9 Å². The van der Waals surface area contributed by atoms with Crippen LogP contribution in [0.15, 0.2) is 12.2 Å². The summed E-state index contributed by atoms with van der Waals surface area (Å²) in [5, 5.41) is 8.27. The van der Waals surface area contributed by atoms with E-state index in [1.54, 1.807) is 13.0 Å². The van der Waals surface area contributed by atoms with E-state index in [-0.39, 0.29) is 36.3 Å². The fraction of sp³-hybridized carbons (Fsp3) is 0.545. The average Bonchev–Trinajstić information content (AvgIpc) is 2.22. The van der Waals surface area contributed by atoms with Crippen LogP contribution in [0.25, 0.3) is 0 Å². The SMILES string of the molecule is CC=CC(=O)OCCCCOC(=O)CC(=O)O.[MgH2]. The van der Waals surface area contributed by atoms with Gasteiger partial charge in [-0.2, -0.15) is 0 Å². The Morgan fingerprint density at radius 3 is 2.17 bits per heavy atom. The van der Waals surface area contributed by atoms with Gasteiger partial charge in [-0.15, -0.1) is 0 Å². The van der Waals surface area contributed by atoms with E-state index in [0.717, 1.165) is 0 Å². The van der Waals surface area contributed by atoms with Crippen molar-refractivity contribution in [2.24, 2.45) is 0 Å². The molecule has 0 saturated heterocycles. The van der Waals surface area contributed by atoms with Crippen LogP contribution in [0.5, 0.6) is 0 Å². The topological polar surface area (TPSA) is 89.9 Å². The zero-order valence-electron chi connectivity index (χ0n) is 9.68. The van der Waals surface area contributed by atoms with Gasteiger partial charge in [-0.25, -0.2) is 4.79 Å². The number of unbranched alkanes of at least 4 members (excludes halogenated alkanes) is 1. The minimum Gasteiger partial charge on any atom is -0.481 e. The van der Waals surface area contributed by atoms with E-state index in [0.29, 0.717) is 12.8 Å². The molecular formula is C11H18MgO6. The quantitative estimate of drug-likeness (QED) is 0.219. The van der Waals surface area contributed by atoms with E-state index in [2.05, 4.69) is 4.74 Å². The molecule has 0 amide bonds. The number of hydrogen-bond acceptors (Lipinski definition) is 5. The minimum atomic E-state index is -1.21. The van der Waals surface area contributed by atoms with Crippen LogP contribution < -0.4 is 0 Å². The van der Waals surface area contributed by atoms with Gasteiger partial charge in [-0.1, -0.05) is 6.08 Å². The number of esters is 2. The second-order valence-corrected chi connectivity index (χ2v) is 3.17. The minimum absolute atomic E-state index is 0. The maximum absolute atomic E-state index is 10.8. The molecule has 0 bridgehead atoms. The normalized spacial score (nSPS) is 9.61. The summed E-state index contributed by atoms with van der Waals surface area (Å²) in [7, 11) is 0. The third kappa shape index (κ3) is 13.0. The molecule has 0 atom stereocenters. The second-order valence-electron chi connectivity index (χ2n) is 3.17. The molecule has 7 heteroatoms. The molecule has 0 aliphatic carbocycles. The fourth-order valence-corrected chi connectivity index (χ4v) is 0.922. The zero-order chi connectivity index (χ0) is 13.1. The van der Waals surface area contributed by atoms with Gasteiger partial charge in [0.05, 0.1) is 13.2 Å². The van der Waals surface area contributed by atoms with Gasteiger partial charge in [0.2, 0.25) is 0 Å². The van der Waals surface area contributed by atoms with Gasteiger partial charge in [0.1, 0.15) is 6.42 Å². The Balaban J connectivity index is 0. The number of carbonyl (C=O) groups is 3. The molecule has 0 heterocycles. The molecule has 0 rings (SSSR count). The summed E-state index contributed by atoms with van der Waals surface area (Å²) in [4.78, 5) is 31.7. The fourth-order valence-electron chi connectivity index (χ4n) is 0.922. The van der Waals surface area contributed by atoms with Gasteiger partial charge < -0.3 is 14.6 Å². The maximum atomic E-state index is 10.8. The summed E-state index contributed by atoms with van der Waals surface area (Å²) in [6.45, 7) is 2.09. The van der Waals surface area contributed by atoms with Crippen molar-refractivity contribution >= 4 is 41.0 Å². The molecule has 1 N–H and O–H groups in total. The van der Waals surface area contributed by atoms with E-state index >= 15 is 0 Å². The first-order valence-corrected chi connectivity index (χ1v) is 5.23. The van der Waals surface area contributed by atoms with Crippen molar-refractivity contribution in [2.75, 3.05) is 13.2 Å². The largest absolute Gasteiger partial charge is 0.481 e. The lowest BCUT2D eigenvalue weighted by Gasteiger charge is -2.03. The van der Waals surface area contributed by atoms with Crippen LogP contribution in [-0.4, -0.2) is 59.3 Å². The van der Waals surface area contributed by atoms with Crippen molar-refractivity contribution in [3.8, 4) is 0 Å². The molecule has 0 aliphatic heterocycles. The Labute approximate surface area is 121 Å². The molecule has 0 unspecified atom stereocenters. The van der Waals surface area contributed by atoms with Gasteiger partial charge in [-0.05, 0) is 19.8 Å². The van der Waals surface area contributed by atoms with Crippen molar-refractivity contribution < 1.29 is 29.0 Å². The zero-order valence-corrected chi connectivity index (χ0v) is 9.68. The number of rotatable bonds is 8. The van der Waals surface area contributed by atoms with E-state index in [1.165, 1.54) is 6.08 Å². The van der Waals surface area contributed by atoms with Gasteiger partial charge in [0.25, 0.3) is 0 Å². The Bertz CT molecular complexity index is 300. The predicted octanol–water partition coefficient (Wildman–Crippen LogP) is -0.0124. The van der Waals surface area contributed by atoms with E-state index in [1.807, 2.05) is 0 Å². The number of carbonyl (C=O) groups excluding carboxylic acids is 2. The first-order valence-electron chi connectivity index (χ1n) is 5.23. The number of allylic oxidation sites excluding steroid dienone is 1. The van der Waals surface area contributed by atoms with Crippen LogP contribution >= 0.6 is 0 Å². The van der Waals surface area contributed by atoms with Crippen LogP contribution in [0.2, 0.25) is 0 Å². The molecule has 0 aromatic rings. The number of aliphatic carboxylic acids is 1. The Morgan fingerprint density at radius 1 is 1.11 bits per heavy atom. The highest BCUT2D eigenvalue weighted by Gasteiger charge is 2.07. The monoisotopic (exact) mass is 270 g/mol. The van der Waals surface area contributed by atoms with Crippen LogP contribution in [0.3, 0.4) is 0 Å². The van der Waals surface area contributed by atoms with E-state index < -0.39 is 24.3 Å². The predicted molar refractivity (Wildman–Crippen MR) is 66.8 cm³/mol. The summed E-state index contributed by atoms with van der Waals surface area (Å²) in [5.74, 6) is -2.38. The third-order valence-corrected chi connectivity index (χ3v) is 1.64. The Hall–Kier alpha value is -1.08. The number of hydrogen-bond donors (Lipinski definition) is 1. The van der Waals surface area contributed by atoms with Gasteiger partial charge >= 0.3 is 41.0 Å². The highest BCUT2D eigenvalue weighted by atomic mass is 24.3. The van der Waals surface area contributed by atoms with E-state index in [4.69, 9.17) is 9.84 Å². The summed E-state index contributed by atoms with van der Waals surface area (Å²) < 4.78 is 9.43. The second kappa shape index (κ2) is 12.4. The molecule has 0 fully saturated rings. The molecule has 18 heavy (non-hydrogen) atoms. The molecule has 0 aromatic heterocycles. The number of ether oxygens (including phenoxy) is 2. The maximum Gasteiger partial charge on any atom is 0.330 e. The van der Waals surface area contributed by atoms with Gasteiger partial charge in [0.15, 0.2) is 0 Å². The van der Waals surface area contributed by atoms with Crippen LogP contribution in [0.1, 0.15) is 26.2 Å². The smallest absolute Gasteiger partial charge is 0.330 e. The van der Waals surface area contributed by atoms with Gasteiger partial charge in [-0.3, -0.25) is 9.59 Å². The molecule has 0 spiro atoms. The summed E-state index contributed by atoms with van der Waals surface area (Å²) in [5.41, 5.74) is 0. The Morgan fingerprint density at radius 2 is 1.67 bits per heavy atom. The van der Waals surface area contributed by atoms with Crippen molar-refractivity contribution in [1.82, 2.24) is 0 Å². The summed E-state index contributed by atoms with van der Waals surface area (Å²) >= 11 is 0. The molecule has 0 radical (unpaired) electrons. The van der Waals surface area contributed by atoms with Crippen molar-refractivity contribution in [3.63, 3.8) is 0 Å². The first-order chi connectivity index (χ1) is 8.06. The van der Waals surface area contributed by atoms with Crippen molar-refractivity contribution in [2.45, 2.75) is 26.2 Å². The number of carboxylic acids is 1. The third-order valence-electron chi connectivity index (χ3n) is 1.64. The molecule has 6 nitrogen and oxygen atoms in total. The first kappa shape index (κ1) is 19.3. The van der Waals surface area contributed by atoms with Crippen LogP contribution in [0.4, 0.5) is 0 Å². The van der Waals surface area contributed by atoms with Crippen molar-refractivity contribution in [3.05, 3.63) is 12.2 Å². The highest BCUT2D eigenvalue weighted by Crippen LogP contribution is 1.95. The molecule has 0 aliphatic rings. The lowest BCUT2D eigenvalue weighted by Crippen LogP contribution is -2.11. The van der Waals surface area contributed by atoms with Crippen molar-refractivity contribution in [1.29, 1.82) is 0 Å². The average molecular weight is 271 g/mol. The Kier molecular flexibility index (Phi) is 13.2. The molecular weight excluding hydrogens is 252 g/mol. The summed E-state index contributed by atoms with van der Waals surface area (Å²) in [6, 6.07) is 0. The molecule has 0 aromatic carbocycles. The lowest BCUT2D eigenvalue weighted by molar-refractivity contribution is -0.151.